The van der Waals surface area contributed by atoms with Crippen molar-refractivity contribution in [3.63, 3.8) is 0 Å². The molecule has 0 saturated heterocycles. The van der Waals surface area contributed by atoms with Crippen molar-refractivity contribution in [2.24, 2.45) is 45.3 Å². The van der Waals surface area contributed by atoms with Gasteiger partial charge in [-0.3, -0.25) is 9.59 Å². The molecular formula is C30H46O3. The lowest BCUT2D eigenvalue weighted by molar-refractivity contribution is -0.153. The number of aliphatic hydroxyl groups is 1. The molecule has 33 heavy (non-hydrogen) atoms. The normalized spacial score (nSPS) is 45.4. The number of aliphatic hydroxyl groups excluding tert-OH is 1. The van der Waals surface area contributed by atoms with Gasteiger partial charge in [0.15, 0.2) is 5.78 Å². The summed E-state index contributed by atoms with van der Waals surface area (Å²) in [7, 11) is 0. The molecule has 0 heterocycles. The number of ketones is 2. The Hall–Kier alpha value is -1.22. The van der Waals surface area contributed by atoms with Crippen LogP contribution in [0.2, 0.25) is 0 Å². The molecule has 0 aromatic heterocycles. The minimum Gasteiger partial charge on any atom is -0.395 e. The van der Waals surface area contributed by atoms with E-state index in [0.717, 1.165) is 18.4 Å². The van der Waals surface area contributed by atoms with E-state index in [0.29, 0.717) is 30.6 Å². The summed E-state index contributed by atoms with van der Waals surface area (Å²) in [5, 5.41) is 10.3. The first-order chi connectivity index (χ1) is 15.3. The highest BCUT2D eigenvalue weighted by Gasteiger charge is 2.65. The third kappa shape index (κ3) is 3.46. The smallest absolute Gasteiger partial charge is 0.155 e. The Kier molecular flexibility index (Phi) is 6.17. The van der Waals surface area contributed by atoms with Gasteiger partial charge in [0.05, 0.1) is 12.0 Å². The zero-order chi connectivity index (χ0) is 24.4. The summed E-state index contributed by atoms with van der Waals surface area (Å²) < 4.78 is 0. The van der Waals surface area contributed by atoms with Gasteiger partial charge in [0.25, 0.3) is 0 Å². The van der Waals surface area contributed by atoms with Crippen molar-refractivity contribution in [3.05, 3.63) is 23.3 Å². The van der Waals surface area contributed by atoms with Crippen LogP contribution >= 0.6 is 0 Å². The lowest BCUT2D eigenvalue weighted by Gasteiger charge is -2.63. The Morgan fingerprint density at radius 3 is 2.48 bits per heavy atom. The van der Waals surface area contributed by atoms with Crippen molar-refractivity contribution in [2.45, 2.75) is 99.8 Å². The highest BCUT2D eigenvalue weighted by atomic mass is 16.3. The topological polar surface area (TPSA) is 54.4 Å². The molecule has 8 atom stereocenters. The fourth-order valence-electron chi connectivity index (χ4n) is 9.34. The molecule has 184 valence electrons. The molecule has 1 N–H and O–H groups in total. The first-order valence-electron chi connectivity index (χ1n) is 13.4. The van der Waals surface area contributed by atoms with Crippen LogP contribution in [0.15, 0.2) is 23.3 Å². The molecule has 0 aromatic carbocycles. The number of hydrogen-bond donors (Lipinski definition) is 1. The predicted octanol–water partition coefficient (Wildman–Crippen LogP) is 6.69. The maximum Gasteiger partial charge on any atom is 0.155 e. The van der Waals surface area contributed by atoms with Crippen molar-refractivity contribution in [2.75, 3.05) is 6.61 Å². The van der Waals surface area contributed by atoms with Crippen LogP contribution in [-0.4, -0.2) is 23.3 Å². The van der Waals surface area contributed by atoms with Gasteiger partial charge < -0.3 is 5.11 Å². The molecule has 0 unspecified atom stereocenters. The van der Waals surface area contributed by atoms with E-state index < -0.39 is 5.41 Å². The largest absolute Gasteiger partial charge is 0.395 e. The third-order valence-electron chi connectivity index (χ3n) is 11.4. The predicted molar refractivity (Wildman–Crippen MR) is 134 cm³/mol. The average Bonchev–Trinajstić information content (AvgIpc) is 3.02. The van der Waals surface area contributed by atoms with Crippen LogP contribution in [0.4, 0.5) is 0 Å². The molecule has 3 saturated carbocycles. The highest BCUT2D eigenvalue weighted by Crippen LogP contribution is 2.73. The maximum absolute atomic E-state index is 12.9. The third-order valence-corrected chi connectivity index (χ3v) is 11.4. The molecule has 4 aliphatic carbocycles. The zero-order valence-corrected chi connectivity index (χ0v) is 22.1. The number of fused-ring (bicyclic) bond motifs is 5. The summed E-state index contributed by atoms with van der Waals surface area (Å²) in [5.41, 5.74) is 2.60. The Labute approximate surface area is 201 Å². The summed E-state index contributed by atoms with van der Waals surface area (Å²) >= 11 is 0. The van der Waals surface area contributed by atoms with E-state index in [2.05, 4.69) is 33.8 Å². The Morgan fingerprint density at radius 2 is 1.85 bits per heavy atom. The average molecular weight is 455 g/mol. The van der Waals surface area contributed by atoms with Gasteiger partial charge in [0.1, 0.15) is 5.78 Å². The fourth-order valence-corrected chi connectivity index (χ4v) is 9.34. The molecule has 3 heteroatoms. The van der Waals surface area contributed by atoms with Gasteiger partial charge in [-0.15, -0.1) is 0 Å². The molecule has 3 fully saturated rings. The first-order valence-corrected chi connectivity index (χ1v) is 13.4. The van der Waals surface area contributed by atoms with Gasteiger partial charge in [0, 0.05) is 12.8 Å². The summed E-state index contributed by atoms with van der Waals surface area (Å²) in [6.07, 6.45) is 12.2. The van der Waals surface area contributed by atoms with Crippen LogP contribution in [0.1, 0.15) is 99.8 Å². The molecule has 0 amide bonds. The minimum absolute atomic E-state index is 0.0315. The maximum atomic E-state index is 12.9. The van der Waals surface area contributed by atoms with Crippen LogP contribution in [-0.2, 0) is 9.59 Å². The second-order valence-corrected chi connectivity index (χ2v) is 13.3. The standard InChI is InChI=1S/C30H46O3/c1-19(2)16-21(32)17-20(3)22-10-14-30(7)24-8-9-25-27(4,23(24)11-15-29(22,30)6)13-12-26(33)28(25,5)18-31/h8,16,20,22-23,25,31H,9-15,17-18H2,1-7H3/t20-,22+,23-,25+,27+,28+,29-,30+/m0/s1. The van der Waals surface area contributed by atoms with Gasteiger partial charge in [-0.05, 0) is 98.4 Å². The van der Waals surface area contributed by atoms with E-state index >= 15 is 0 Å². The van der Waals surface area contributed by atoms with E-state index in [-0.39, 0.29) is 40.3 Å². The summed E-state index contributed by atoms with van der Waals surface area (Å²) in [4.78, 5) is 25.4. The van der Waals surface area contributed by atoms with Crippen molar-refractivity contribution in [1.29, 1.82) is 0 Å². The SMILES string of the molecule is CC(C)=CC(=O)C[C@H](C)[C@H]1CC[C@]2(C)C3=CC[C@@H]4[C@](C)(CCC(=O)[C@]4(C)CO)[C@H]3CC[C@@]12C. The highest BCUT2D eigenvalue weighted by molar-refractivity contribution is 5.90. The van der Waals surface area contributed by atoms with Crippen LogP contribution in [0, 0.1) is 45.3 Å². The van der Waals surface area contributed by atoms with Crippen LogP contribution < -0.4 is 0 Å². The van der Waals surface area contributed by atoms with Gasteiger partial charge in [-0.2, -0.15) is 0 Å². The first kappa shape index (κ1) is 24.9. The van der Waals surface area contributed by atoms with Crippen molar-refractivity contribution >= 4 is 11.6 Å². The molecule has 0 bridgehead atoms. The van der Waals surface area contributed by atoms with E-state index in [4.69, 9.17) is 0 Å². The van der Waals surface area contributed by atoms with E-state index in [1.807, 2.05) is 26.8 Å². The van der Waals surface area contributed by atoms with Crippen LogP contribution in [0.3, 0.4) is 0 Å². The van der Waals surface area contributed by atoms with Crippen molar-refractivity contribution in [1.82, 2.24) is 0 Å². The second kappa shape index (κ2) is 8.18. The Morgan fingerprint density at radius 1 is 1.15 bits per heavy atom. The molecule has 4 aliphatic rings. The number of rotatable bonds is 5. The molecule has 0 aliphatic heterocycles. The zero-order valence-electron chi connectivity index (χ0n) is 22.1. The summed E-state index contributed by atoms with van der Waals surface area (Å²) in [6.45, 7) is 15.7. The molecule has 4 rings (SSSR count). The molecule has 3 nitrogen and oxygen atoms in total. The van der Waals surface area contributed by atoms with E-state index in [9.17, 15) is 14.7 Å². The van der Waals surface area contributed by atoms with Crippen molar-refractivity contribution in [3.8, 4) is 0 Å². The quantitative estimate of drug-likeness (QED) is 0.372. The van der Waals surface area contributed by atoms with Gasteiger partial charge >= 0.3 is 0 Å². The van der Waals surface area contributed by atoms with Gasteiger partial charge in [-0.25, -0.2) is 0 Å². The monoisotopic (exact) mass is 454 g/mol. The molecule has 0 radical (unpaired) electrons. The van der Waals surface area contributed by atoms with Gasteiger partial charge in [0.2, 0.25) is 0 Å². The number of hydrogen-bond acceptors (Lipinski definition) is 3. The minimum atomic E-state index is -0.602. The molecule has 0 spiro atoms. The van der Waals surface area contributed by atoms with Crippen molar-refractivity contribution < 1.29 is 14.7 Å². The summed E-state index contributed by atoms with van der Waals surface area (Å²) in [5.74, 6) is 2.24. The lowest BCUT2D eigenvalue weighted by Crippen LogP contribution is -2.58. The Bertz CT molecular complexity index is 894. The van der Waals surface area contributed by atoms with Crippen LogP contribution in [0.25, 0.3) is 0 Å². The lowest BCUT2D eigenvalue weighted by atomic mass is 9.41. The number of carbonyl (C=O) groups is 2. The molecular weight excluding hydrogens is 408 g/mol. The fraction of sp³-hybridized carbons (Fsp3) is 0.800. The van der Waals surface area contributed by atoms with E-state index in [1.165, 1.54) is 25.7 Å². The molecule has 0 aromatic rings. The second-order valence-electron chi connectivity index (χ2n) is 13.3. The number of allylic oxidation sites excluding steroid dienone is 4. The Balaban J connectivity index is 1.65. The number of Topliss-reactive ketones (excluding diaryl/α,β-unsaturated/α-hetero) is 1. The van der Waals surface area contributed by atoms with Crippen LogP contribution in [0.5, 0.6) is 0 Å². The van der Waals surface area contributed by atoms with E-state index in [1.54, 1.807) is 5.57 Å². The van der Waals surface area contributed by atoms with Gasteiger partial charge in [-0.1, -0.05) is 51.8 Å². The summed E-state index contributed by atoms with van der Waals surface area (Å²) in [6, 6.07) is 0. The number of carbonyl (C=O) groups excluding carboxylic acids is 2.